The third-order valence-electron chi connectivity index (χ3n) is 2.17. The molecule has 0 aromatic heterocycles. The Bertz CT molecular complexity index is 402. The van der Waals surface area contributed by atoms with Crippen molar-refractivity contribution < 1.29 is 23.4 Å². The van der Waals surface area contributed by atoms with Crippen molar-refractivity contribution in [2.75, 3.05) is 0 Å². The molecule has 1 N–H and O–H groups in total. The molecule has 3 nitrogen and oxygen atoms in total. The molecule has 0 saturated carbocycles. The summed E-state index contributed by atoms with van der Waals surface area (Å²) in [5, 5.41) is 8.67. The number of ether oxygens (including phenoxy) is 1. The lowest BCUT2D eigenvalue weighted by Gasteiger charge is -2.12. The van der Waals surface area contributed by atoms with Crippen molar-refractivity contribution in [1.82, 2.24) is 0 Å². The second-order valence-corrected chi connectivity index (χ2v) is 3.50. The van der Waals surface area contributed by atoms with Crippen molar-refractivity contribution >= 4 is 5.97 Å². The number of rotatable bonds is 4. The van der Waals surface area contributed by atoms with Gasteiger partial charge in [-0.25, -0.2) is 0 Å². The number of alkyl halides is 2. The van der Waals surface area contributed by atoms with Crippen molar-refractivity contribution in [3.63, 3.8) is 0 Å². The van der Waals surface area contributed by atoms with Gasteiger partial charge in [-0.05, 0) is 36.6 Å². The van der Waals surface area contributed by atoms with Crippen LogP contribution >= 0.6 is 0 Å². The summed E-state index contributed by atoms with van der Waals surface area (Å²) >= 11 is 0. The zero-order valence-electron chi connectivity index (χ0n) is 8.96. The lowest BCUT2D eigenvalue weighted by atomic mass is 10.0. The van der Waals surface area contributed by atoms with Gasteiger partial charge in [0.05, 0.1) is 6.42 Å². The molecule has 0 atom stereocenters. The number of halogens is 2. The van der Waals surface area contributed by atoms with Crippen LogP contribution in [0.2, 0.25) is 0 Å². The van der Waals surface area contributed by atoms with Crippen molar-refractivity contribution in [3.05, 3.63) is 28.8 Å². The molecule has 0 unspecified atom stereocenters. The Kier molecular flexibility index (Phi) is 3.82. The van der Waals surface area contributed by atoms with Crippen molar-refractivity contribution in [1.29, 1.82) is 0 Å². The monoisotopic (exact) mass is 230 g/mol. The second-order valence-electron chi connectivity index (χ2n) is 3.50. The summed E-state index contributed by atoms with van der Waals surface area (Å²) in [7, 11) is 0. The highest BCUT2D eigenvalue weighted by atomic mass is 19.3. The minimum Gasteiger partial charge on any atom is -0.481 e. The van der Waals surface area contributed by atoms with Crippen LogP contribution in [-0.2, 0) is 11.2 Å². The average Bonchev–Trinajstić information content (AvgIpc) is 2.11. The minimum absolute atomic E-state index is 0.0336. The van der Waals surface area contributed by atoms with Crippen molar-refractivity contribution in [2.45, 2.75) is 26.9 Å². The summed E-state index contributed by atoms with van der Waals surface area (Å²) in [6, 6.07) is 3.12. The molecule has 0 aliphatic heterocycles. The minimum atomic E-state index is -2.90. The molecule has 0 heterocycles. The van der Waals surface area contributed by atoms with Gasteiger partial charge in [-0.1, -0.05) is 6.07 Å². The fraction of sp³-hybridized carbons (Fsp3) is 0.364. The highest BCUT2D eigenvalue weighted by Gasteiger charge is 2.13. The molecule has 1 aromatic rings. The van der Waals surface area contributed by atoms with Crippen LogP contribution in [-0.4, -0.2) is 17.7 Å². The van der Waals surface area contributed by atoms with Crippen LogP contribution in [0.4, 0.5) is 8.78 Å². The summed E-state index contributed by atoms with van der Waals surface area (Å²) in [6.45, 7) is 0.358. The number of carboxylic acid groups (broad SMARTS) is 1. The molecule has 0 radical (unpaired) electrons. The molecular weight excluding hydrogens is 218 g/mol. The molecule has 0 fully saturated rings. The van der Waals surface area contributed by atoms with Gasteiger partial charge in [0.2, 0.25) is 0 Å². The molecule has 1 aromatic carbocycles. The standard InChI is InChI=1S/C11H12F2O3/c1-6-3-8(5-10(14)15)7(2)9(4-6)16-11(12)13/h3-4,11H,5H2,1-2H3,(H,14,15). The topological polar surface area (TPSA) is 46.5 Å². The van der Waals surface area contributed by atoms with Gasteiger partial charge in [0, 0.05) is 0 Å². The Morgan fingerprint density at radius 3 is 2.56 bits per heavy atom. The largest absolute Gasteiger partial charge is 0.481 e. The molecular formula is C11H12F2O3. The summed E-state index contributed by atoms with van der Waals surface area (Å²) in [4.78, 5) is 10.6. The Labute approximate surface area is 91.7 Å². The van der Waals surface area contributed by atoms with Gasteiger partial charge in [-0.2, -0.15) is 8.78 Å². The van der Waals surface area contributed by atoms with Gasteiger partial charge in [0.25, 0.3) is 0 Å². The third-order valence-corrected chi connectivity index (χ3v) is 2.17. The fourth-order valence-electron chi connectivity index (χ4n) is 1.46. The van der Waals surface area contributed by atoms with Gasteiger partial charge in [-0.3, -0.25) is 4.79 Å². The van der Waals surface area contributed by atoms with E-state index in [2.05, 4.69) is 4.74 Å². The van der Waals surface area contributed by atoms with Gasteiger partial charge in [0.1, 0.15) is 5.75 Å². The molecule has 0 saturated heterocycles. The molecule has 88 valence electrons. The second kappa shape index (κ2) is 4.92. The summed E-state index contributed by atoms with van der Waals surface area (Å²) in [5.74, 6) is -0.969. The summed E-state index contributed by atoms with van der Waals surface area (Å²) in [5.41, 5.74) is 1.62. The van der Waals surface area contributed by atoms with E-state index in [0.29, 0.717) is 16.7 Å². The van der Waals surface area contributed by atoms with E-state index in [1.54, 1.807) is 19.9 Å². The lowest BCUT2D eigenvalue weighted by Crippen LogP contribution is -2.07. The van der Waals surface area contributed by atoms with Crippen LogP contribution < -0.4 is 4.74 Å². The van der Waals surface area contributed by atoms with Gasteiger partial charge in [0.15, 0.2) is 0 Å². The van der Waals surface area contributed by atoms with Crippen LogP contribution in [0.1, 0.15) is 16.7 Å². The van der Waals surface area contributed by atoms with E-state index in [1.807, 2.05) is 0 Å². The Morgan fingerprint density at radius 1 is 1.44 bits per heavy atom. The van der Waals surface area contributed by atoms with Crippen LogP contribution in [0.3, 0.4) is 0 Å². The van der Waals surface area contributed by atoms with E-state index < -0.39 is 12.6 Å². The number of carbonyl (C=O) groups is 1. The van der Waals surface area contributed by atoms with E-state index in [9.17, 15) is 13.6 Å². The van der Waals surface area contributed by atoms with Crippen LogP contribution in [0, 0.1) is 13.8 Å². The van der Waals surface area contributed by atoms with Crippen LogP contribution in [0.25, 0.3) is 0 Å². The number of benzene rings is 1. The molecule has 0 spiro atoms. The number of aryl methyl sites for hydroxylation is 1. The van der Waals surface area contributed by atoms with E-state index in [4.69, 9.17) is 5.11 Å². The summed E-state index contributed by atoms with van der Waals surface area (Å²) in [6.07, 6.45) is -0.201. The first kappa shape index (κ1) is 12.4. The number of carboxylic acids is 1. The number of aliphatic carboxylic acids is 1. The zero-order chi connectivity index (χ0) is 12.3. The molecule has 0 amide bonds. The molecule has 5 heteroatoms. The van der Waals surface area contributed by atoms with E-state index in [-0.39, 0.29) is 12.2 Å². The maximum atomic E-state index is 12.1. The Balaban J connectivity index is 3.10. The fourth-order valence-corrected chi connectivity index (χ4v) is 1.46. The number of hydrogen-bond donors (Lipinski definition) is 1. The highest BCUT2D eigenvalue weighted by molar-refractivity contribution is 5.71. The maximum absolute atomic E-state index is 12.1. The Morgan fingerprint density at radius 2 is 2.06 bits per heavy atom. The molecule has 0 aliphatic carbocycles. The van der Waals surface area contributed by atoms with E-state index in [1.165, 1.54) is 6.07 Å². The smallest absolute Gasteiger partial charge is 0.387 e. The normalized spacial score (nSPS) is 10.6. The Hall–Kier alpha value is -1.65. The van der Waals surface area contributed by atoms with Gasteiger partial charge >= 0.3 is 12.6 Å². The third kappa shape index (κ3) is 3.18. The predicted molar refractivity (Wildman–Crippen MR) is 53.9 cm³/mol. The maximum Gasteiger partial charge on any atom is 0.387 e. The van der Waals surface area contributed by atoms with E-state index in [0.717, 1.165) is 0 Å². The first-order valence-electron chi connectivity index (χ1n) is 4.67. The van der Waals surface area contributed by atoms with Gasteiger partial charge < -0.3 is 9.84 Å². The average molecular weight is 230 g/mol. The van der Waals surface area contributed by atoms with Crippen LogP contribution in [0.5, 0.6) is 5.75 Å². The number of hydrogen-bond acceptors (Lipinski definition) is 2. The zero-order valence-corrected chi connectivity index (χ0v) is 8.96. The highest BCUT2D eigenvalue weighted by Crippen LogP contribution is 2.25. The first-order chi connectivity index (χ1) is 7.40. The van der Waals surface area contributed by atoms with E-state index >= 15 is 0 Å². The SMILES string of the molecule is Cc1cc(CC(=O)O)c(C)c(OC(F)F)c1. The molecule has 0 bridgehead atoms. The van der Waals surface area contributed by atoms with Crippen LogP contribution in [0.15, 0.2) is 12.1 Å². The predicted octanol–water partition coefficient (Wildman–Crippen LogP) is 2.53. The van der Waals surface area contributed by atoms with Gasteiger partial charge in [-0.15, -0.1) is 0 Å². The van der Waals surface area contributed by atoms with Crippen molar-refractivity contribution in [2.24, 2.45) is 0 Å². The molecule has 1 rings (SSSR count). The molecule has 0 aliphatic rings. The van der Waals surface area contributed by atoms with Crippen molar-refractivity contribution in [3.8, 4) is 5.75 Å². The lowest BCUT2D eigenvalue weighted by molar-refractivity contribution is -0.136. The quantitative estimate of drug-likeness (QED) is 0.864. The summed E-state index contributed by atoms with van der Waals surface area (Å²) < 4.78 is 28.5. The molecule has 16 heavy (non-hydrogen) atoms. The first-order valence-corrected chi connectivity index (χ1v) is 4.67.